The van der Waals surface area contributed by atoms with Crippen molar-refractivity contribution >= 4 is 17.6 Å². The van der Waals surface area contributed by atoms with Crippen molar-refractivity contribution in [1.29, 1.82) is 0 Å². The highest BCUT2D eigenvalue weighted by molar-refractivity contribution is 5.98. The fourth-order valence-corrected chi connectivity index (χ4v) is 1.52. The van der Waals surface area contributed by atoms with Gasteiger partial charge in [-0.3, -0.25) is 4.79 Å². The molecule has 0 fully saturated rings. The quantitative estimate of drug-likeness (QED) is 0.757. The van der Waals surface area contributed by atoms with E-state index in [0.717, 1.165) is 0 Å². The van der Waals surface area contributed by atoms with Crippen LogP contribution in [0.25, 0.3) is 0 Å². The normalized spacial score (nSPS) is 12.3. The maximum absolute atomic E-state index is 11.8. The molecular weight excluding hydrogens is 232 g/mol. The van der Waals surface area contributed by atoms with Gasteiger partial charge >= 0.3 is 5.97 Å². The van der Waals surface area contributed by atoms with Gasteiger partial charge in [-0.1, -0.05) is 19.9 Å². The van der Waals surface area contributed by atoms with Crippen LogP contribution in [0.5, 0.6) is 0 Å². The first-order valence-corrected chi connectivity index (χ1v) is 5.74. The van der Waals surface area contributed by atoms with Crippen LogP contribution in [0.1, 0.15) is 29.8 Å². The summed E-state index contributed by atoms with van der Waals surface area (Å²) in [6.45, 7) is 5.36. The zero-order chi connectivity index (χ0) is 13.9. The highest BCUT2D eigenvalue weighted by Crippen LogP contribution is 2.19. The lowest BCUT2D eigenvalue weighted by Crippen LogP contribution is -2.39. The molecule has 1 rings (SSSR count). The molecule has 0 unspecified atom stereocenters. The van der Waals surface area contributed by atoms with E-state index >= 15 is 0 Å². The zero-order valence-electron chi connectivity index (χ0n) is 10.7. The van der Waals surface area contributed by atoms with E-state index in [1.165, 1.54) is 6.07 Å². The average molecular weight is 250 g/mol. The standard InChI is InChI=1S/C13H18N2O3/c1-7(2)11(14)12(16)15-10-6-4-5-9(8(10)3)13(17)18/h4-7,11H,14H2,1-3H3,(H,15,16)(H,17,18)/t11-/m1/s1. The van der Waals surface area contributed by atoms with Gasteiger partial charge in [0.1, 0.15) is 0 Å². The molecule has 0 saturated carbocycles. The van der Waals surface area contributed by atoms with Gasteiger partial charge in [-0.05, 0) is 30.5 Å². The molecule has 0 saturated heterocycles. The first-order chi connectivity index (χ1) is 8.34. The monoisotopic (exact) mass is 250 g/mol. The van der Waals surface area contributed by atoms with Gasteiger partial charge < -0.3 is 16.2 Å². The molecule has 0 bridgehead atoms. The predicted molar refractivity (Wildman–Crippen MR) is 69.6 cm³/mol. The number of hydrogen-bond acceptors (Lipinski definition) is 3. The molecule has 18 heavy (non-hydrogen) atoms. The number of carbonyl (C=O) groups is 2. The Hall–Kier alpha value is -1.88. The molecule has 0 radical (unpaired) electrons. The largest absolute Gasteiger partial charge is 0.478 e. The fraction of sp³-hybridized carbons (Fsp3) is 0.385. The number of hydrogen-bond donors (Lipinski definition) is 3. The molecule has 1 aromatic rings. The highest BCUT2D eigenvalue weighted by atomic mass is 16.4. The third kappa shape index (κ3) is 3.07. The Balaban J connectivity index is 2.96. The Bertz CT molecular complexity index is 469. The van der Waals surface area contributed by atoms with E-state index < -0.39 is 12.0 Å². The summed E-state index contributed by atoms with van der Waals surface area (Å²) >= 11 is 0. The maximum Gasteiger partial charge on any atom is 0.336 e. The summed E-state index contributed by atoms with van der Waals surface area (Å²) in [5.74, 6) is -1.31. The van der Waals surface area contributed by atoms with Crippen molar-refractivity contribution in [3.63, 3.8) is 0 Å². The van der Waals surface area contributed by atoms with Crippen LogP contribution in [0, 0.1) is 12.8 Å². The molecule has 0 aromatic heterocycles. The van der Waals surface area contributed by atoms with E-state index in [9.17, 15) is 9.59 Å². The molecule has 0 aliphatic rings. The number of carboxylic acids is 1. The second-order valence-corrected chi connectivity index (χ2v) is 4.54. The second kappa shape index (κ2) is 5.64. The van der Waals surface area contributed by atoms with Crippen LogP contribution in [0.4, 0.5) is 5.69 Å². The third-order valence-electron chi connectivity index (χ3n) is 2.84. The number of anilines is 1. The lowest BCUT2D eigenvalue weighted by Gasteiger charge is -2.17. The molecule has 0 spiro atoms. The van der Waals surface area contributed by atoms with Crippen LogP contribution >= 0.6 is 0 Å². The maximum atomic E-state index is 11.8. The fourth-order valence-electron chi connectivity index (χ4n) is 1.52. The number of carboxylic acid groups (broad SMARTS) is 1. The van der Waals surface area contributed by atoms with Crippen molar-refractivity contribution in [3.05, 3.63) is 29.3 Å². The van der Waals surface area contributed by atoms with Crippen molar-refractivity contribution in [2.75, 3.05) is 5.32 Å². The van der Waals surface area contributed by atoms with Gasteiger partial charge in [0.25, 0.3) is 0 Å². The first-order valence-electron chi connectivity index (χ1n) is 5.74. The molecule has 1 amide bonds. The third-order valence-corrected chi connectivity index (χ3v) is 2.84. The van der Waals surface area contributed by atoms with E-state index in [-0.39, 0.29) is 17.4 Å². The second-order valence-electron chi connectivity index (χ2n) is 4.54. The summed E-state index contributed by atoms with van der Waals surface area (Å²) in [6.07, 6.45) is 0. The number of aromatic carboxylic acids is 1. The minimum atomic E-state index is -1.02. The molecule has 5 heteroatoms. The van der Waals surface area contributed by atoms with Crippen molar-refractivity contribution in [3.8, 4) is 0 Å². The van der Waals surface area contributed by atoms with E-state index in [1.54, 1.807) is 19.1 Å². The van der Waals surface area contributed by atoms with Gasteiger partial charge in [-0.25, -0.2) is 4.79 Å². The van der Waals surface area contributed by atoms with E-state index in [2.05, 4.69) is 5.32 Å². The average Bonchev–Trinajstić information content (AvgIpc) is 2.30. The highest BCUT2D eigenvalue weighted by Gasteiger charge is 2.19. The molecule has 4 N–H and O–H groups in total. The topological polar surface area (TPSA) is 92.4 Å². The van der Waals surface area contributed by atoms with Crippen LogP contribution in [0.15, 0.2) is 18.2 Å². The van der Waals surface area contributed by atoms with Gasteiger partial charge in [0.15, 0.2) is 0 Å². The van der Waals surface area contributed by atoms with Crippen molar-refractivity contribution in [1.82, 2.24) is 0 Å². The molecule has 1 atom stereocenters. The Labute approximate surface area is 106 Å². The summed E-state index contributed by atoms with van der Waals surface area (Å²) in [5.41, 5.74) is 6.90. The van der Waals surface area contributed by atoms with Gasteiger partial charge in [0, 0.05) is 5.69 Å². The number of carbonyl (C=O) groups excluding carboxylic acids is 1. The lowest BCUT2D eigenvalue weighted by atomic mass is 10.0. The van der Waals surface area contributed by atoms with Gasteiger partial charge in [-0.15, -0.1) is 0 Å². The zero-order valence-corrected chi connectivity index (χ0v) is 10.7. The number of benzene rings is 1. The van der Waals surface area contributed by atoms with Crippen LogP contribution in [0.2, 0.25) is 0 Å². The van der Waals surface area contributed by atoms with Gasteiger partial charge in [0.05, 0.1) is 11.6 Å². The molecule has 1 aromatic carbocycles. The smallest absolute Gasteiger partial charge is 0.336 e. The van der Waals surface area contributed by atoms with E-state index in [4.69, 9.17) is 10.8 Å². The Morgan fingerprint density at radius 1 is 1.33 bits per heavy atom. The minimum Gasteiger partial charge on any atom is -0.478 e. The van der Waals surface area contributed by atoms with Crippen LogP contribution < -0.4 is 11.1 Å². The Morgan fingerprint density at radius 3 is 2.44 bits per heavy atom. The Morgan fingerprint density at radius 2 is 1.94 bits per heavy atom. The SMILES string of the molecule is Cc1c(NC(=O)[C@H](N)C(C)C)cccc1C(=O)O. The Kier molecular flexibility index (Phi) is 4.44. The summed E-state index contributed by atoms with van der Waals surface area (Å²) in [6, 6.07) is 4.13. The van der Waals surface area contributed by atoms with Crippen molar-refractivity contribution < 1.29 is 14.7 Å². The predicted octanol–water partition coefficient (Wildman–Crippen LogP) is 1.62. The van der Waals surface area contributed by atoms with Crippen molar-refractivity contribution in [2.24, 2.45) is 11.7 Å². The molecule has 5 nitrogen and oxygen atoms in total. The molecule has 98 valence electrons. The van der Waals surface area contributed by atoms with E-state index in [1.807, 2.05) is 13.8 Å². The van der Waals surface area contributed by atoms with E-state index in [0.29, 0.717) is 11.3 Å². The van der Waals surface area contributed by atoms with Crippen LogP contribution in [-0.4, -0.2) is 23.0 Å². The molecule has 0 aliphatic carbocycles. The summed E-state index contributed by atoms with van der Waals surface area (Å²) < 4.78 is 0. The number of amides is 1. The number of nitrogens with one attached hydrogen (secondary N) is 1. The van der Waals surface area contributed by atoms with Gasteiger partial charge in [-0.2, -0.15) is 0 Å². The molecular formula is C13H18N2O3. The molecule has 0 aliphatic heterocycles. The van der Waals surface area contributed by atoms with Crippen molar-refractivity contribution in [2.45, 2.75) is 26.8 Å². The first kappa shape index (κ1) is 14.2. The van der Waals surface area contributed by atoms with Crippen LogP contribution in [-0.2, 0) is 4.79 Å². The molecule has 0 heterocycles. The summed E-state index contributed by atoms with van der Waals surface area (Å²) in [7, 11) is 0. The minimum absolute atomic E-state index is 0.0213. The van der Waals surface area contributed by atoms with Crippen LogP contribution in [0.3, 0.4) is 0 Å². The number of rotatable bonds is 4. The summed E-state index contributed by atoms with van der Waals surface area (Å²) in [5, 5.41) is 11.6. The number of nitrogens with two attached hydrogens (primary N) is 1. The lowest BCUT2D eigenvalue weighted by molar-refractivity contribution is -0.118. The summed E-state index contributed by atoms with van der Waals surface area (Å²) in [4.78, 5) is 22.8. The van der Waals surface area contributed by atoms with Gasteiger partial charge in [0.2, 0.25) is 5.91 Å².